The number of carbonyl (C=O) groups is 2. The number of carboxylic acids is 1. The van der Waals surface area contributed by atoms with Crippen LogP contribution in [0.2, 0.25) is 0 Å². The highest BCUT2D eigenvalue weighted by atomic mass is 32.3. The Hall–Kier alpha value is -2.03. The average molecular weight is 347 g/mol. The lowest BCUT2D eigenvalue weighted by atomic mass is 10.0. The Kier molecular flexibility index (Phi) is 4.98. The summed E-state index contributed by atoms with van der Waals surface area (Å²) < 4.78 is 47.2. The quantitative estimate of drug-likeness (QED) is 0.787. The van der Waals surface area contributed by atoms with Gasteiger partial charge in [0, 0.05) is 18.9 Å². The van der Waals surface area contributed by atoms with Gasteiger partial charge in [0.25, 0.3) is 0 Å². The third kappa shape index (κ3) is 4.72. The molecule has 1 aromatic carbocycles. The first kappa shape index (κ1) is 17.3. The Bertz CT molecular complexity index is 704. The maximum absolute atomic E-state index is 13.0. The van der Waals surface area contributed by atoms with E-state index in [1.54, 1.807) is 0 Å². The van der Waals surface area contributed by atoms with Crippen LogP contribution in [0.25, 0.3) is 0 Å². The van der Waals surface area contributed by atoms with Crippen LogP contribution in [-0.2, 0) is 19.8 Å². The van der Waals surface area contributed by atoms with Crippen LogP contribution in [0.3, 0.4) is 0 Å². The van der Waals surface area contributed by atoms with E-state index in [9.17, 15) is 26.3 Å². The van der Waals surface area contributed by atoms with Gasteiger partial charge in [-0.3, -0.25) is 9.59 Å². The molecule has 0 bridgehead atoms. The molecule has 2 atom stereocenters. The average Bonchev–Trinajstić information content (AvgIpc) is 2.75. The number of benzene rings is 1. The van der Waals surface area contributed by atoms with Gasteiger partial charge in [-0.2, -0.15) is 8.42 Å². The van der Waals surface area contributed by atoms with Crippen molar-refractivity contribution < 1.29 is 31.4 Å². The molecule has 1 aliphatic heterocycles. The molecule has 1 fully saturated rings. The van der Waals surface area contributed by atoms with Gasteiger partial charge in [-0.15, -0.1) is 3.89 Å². The van der Waals surface area contributed by atoms with Crippen LogP contribution in [-0.4, -0.2) is 42.6 Å². The fraction of sp³-hybridized carbons (Fsp3) is 0.429. The predicted molar refractivity (Wildman–Crippen MR) is 76.1 cm³/mol. The zero-order valence-corrected chi connectivity index (χ0v) is 12.8. The van der Waals surface area contributed by atoms with Gasteiger partial charge in [-0.25, -0.2) is 4.39 Å². The van der Waals surface area contributed by atoms with E-state index >= 15 is 0 Å². The van der Waals surface area contributed by atoms with Crippen molar-refractivity contribution in [2.75, 3.05) is 12.3 Å². The monoisotopic (exact) mass is 347 g/mol. The molecule has 6 nitrogen and oxygen atoms in total. The molecule has 2 unspecified atom stereocenters. The molecule has 0 aromatic heterocycles. The first-order valence-corrected chi connectivity index (χ1v) is 8.40. The molecule has 1 aliphatic rings. The number of carbonyl (C=O) groups excluding carboxylic acids is 1. The van der Waals surface area contributed by atoms with Gasteiger partial charge in [0.05, 0.1) is 18.2 Å². The first-order chi connectivity index (χ1) is 10.7. The van der Waals surface area contributed by atoms with Crippen LogP contribution < -0.4 is 0 Å². The molecule has 0 aliphatic carbocycles. The van der Waals surface area contributed by atoms with Crippen LogP contribution in [0.1, 0.15) is 24.4 Å². The minimum Gasteiger partial charge on any atom is -0.481 e. The predicted octanol–water partition coefficient (Wildman–Crippen LogP) is 1.49. The Morgan fingerprint density at radius 3 is 2.48 bits per heavy atom. The van der Waals surface area contributed by atoms with Crippen molar-refractivity contribution in [2.24, 2.45) is 5.92 Å². The lowest BCUT2D eigenvalue weighted by Gasteiger charge is -2.27. The summed E-state index contributed by atoms with van der Waals surface area (Å²) in [6.07, 6.45) is -0.576. The van der Waals surface area contributed by atoms with E-state index in [4.69, 9.17) is 5.11 Å². The summed E-state index contributed by atoms with van der Waals surface area (Å²) in [5.41, 5.74) is 0.422. The minimum atomic E-state index is -4.72. The van der Waals surface area contributed by atoms with Crippen molar-refractivity contribution in [2.45, 2.75) is 18.9 Å². The van der Waals surface area contributed by atoms with Crippen molar-refractivity contribution in [1.29, 1.82) is 0 Å². The van der Waals surface area contributed by atoms with E-state index < -0.39 is 52.1 Å². The van der Waals surface area contributed by atoms with Gasteiger partial charge < -0.3 is 10.0 Å². The van der Waals surface area contributed by atoms with Crippen LogP contribution in [0, 0.1) is 11.7 Å². The number of hydrogen-bond acceptors (Lipinski definition) is 4. The highest BCUT2D eigenvalue weighted by Gasteiger charge is 2.37. The minimum absolute atomic E-state index is 0.0582. The standard InChI is InChI=1S/C14H15F2NO5S/c15-11-3-1-10(2-4-11)12(6-14(19)20)17-7-9(5-13(17)18)8-23(16,21)22/h1-4,9,12H,5-8H2,(H,19,20). The molecule has 0 spiro atoms. The fourth-order valence-corrected chi connectivity index (χ4v) is 3.55. The maximum Gasteiger partial charge on any atom is 0.305 e. The van der Waals surface area contributed by atoms with Crippen LogP contribution >= 0.6 is 0 Å². The molecule has 1 heterocycles. The summed E-state index contributed by atoms with van der Waals surface area (Å²) in [6, 6.07) is 4.18. The molecule has 1 saturated heterocycles. The Morgan fingerprint density at radius 1 is 1.35 bits per heavy atom. The van der Waals surface area contributed by atoms with Crippen molar-refractivity contribution >= 4 is 22.1 Å². The summed E-state index contributed by atoms with van der Waals surface area (Å²) in [5.74, 6) is -3.62. The van der Waals surface area contributed by atoms with Crippen molar-refractivity contribution in [3.05, 3.63) is 35.6 Å². The molecular formula is C14H15F2NO5S. The van der Waals surface area contributed by atoms with Crippen LogP contribution in [0.15, 0.2) is 24.3 Å². The number of rotatable bonds is 6. The molecule has 1 amide bonds. The van der Waals surface area contributed by atoms with E-state index in [1.165, 1.54) is 17.0 Å². The number of amides is 1. The molecule has 1 N–H and O–H groups in total. The van der Waals surface area contributed by atoms with Crippen LogP contribution in [0.4, 0.5) is 8.28 Å². The van der Waals surface area contributed by atoms with Crippen molar-refractivity contribution in [3.8, 4) is 0 Å². The maximum atomic E-state index is 13.0. The van der Waals surface area contributed by atoms with E-state index in [0.717, 1.165) is 12.1 Å². The lowest BCUT2D eigenvalue weighted by molar-refractivity contribution is -0.139. The Morgan fingerprint density at radius 2 is 1.96 bits per heavy atom. The van der Waals surface area contributed by atoms with Gasteiger partial charge in [0.2, 0.25) is 5.91 Å². The molecule has 1 aromatic rings. The van der Waals surface area contributed by atoms with Crippen molar-refractivity contribution in [3.63, 3.8) is 0 Å². The number of halogens is 2. The zero-order chi connectivity index (χ0) is 17.2. The topological polar surface area (TPSA) is 91.8 Å². The number of carboxylic acid groups (broad SMARTS) is 1. The highest BCUT2D eigenvalue weighted by Crippen LogP contribution is 2.32. The fourth-order valence-electron chi connectivity index (χ4n) is 2.76. The second-order valence-corrected chi connectivity index (χ2v) is 6.90. The first-order valence-electron chi connectivity index (χ1n) is 6.85. The summed E-state index contributed by atoms with van der Waals surface area (Å²) in [5, 5.41) is 9.03. The summed E-state index contributed by atoms with van der Waals surface area (Å²) in [6.45, 7) is -0.0582. The smallest absolute Gasteiger partial charge is 0.305 e. The van der Waals surface area contributed by atoms with Gasteiger partial charge >= 0.3 is 16.2 Å². The molecular weight excluding hydrogens is 332 g/mol. The third-order valence-corrected chi connectivity index (χ3v) is 4.54. The Balaban J connectivity index is 2.23. The largest absolute Gasteiger partial charge is 0.481 e. The molecule has 126 valence electrons. The molecule has 2 rings (SSSR count). The van der Waals surface area contributed by atoms with E-state index in [-0.39, 0.29) is 13.0 Å². The summed E-state index contributed by atoms with van der Waals surface area (Å²) in [7, 11) is -4.72. The molecule has 0 radical (unpaired) electrons. The second kappa shape index (κ2) is 6.61. The summed E-state index contributed by atoms with van der Waals surface area (Å²) in [4.78, 5) is 24.4. The van der Waals surface area contributed by atoms with Gasteiger partial charge in [0.15, 0.2) is 0 Å². The number of aliphatic carboxylic acids is 1. The lowest BCUT2D eigenvalue weighted by Crippen LogP contribution is -2.32. The highest BCUT2D eigenvalue weighted by molar-refractivity contribution is 7.86. The van der Waals surface area contributed by atoms with Gasteiger partial charge in [-0.05, 0) is 17.7 Å². The number of nitrogens with zero attached hydrogens (tertiary/aromatic N) is 1. The van der Waals surface area contributed by atoms with E-state index in [2.05, 4.69) is 0 Å². The molecule has 23 heavy (non-hydrogen) atoms. The van der Waals surface area contributed by atoms with Crippen molar-refractivity contribution in [1.82, 2.24) is 4.90 Å². The normalized spacial score (nSPS) is 19.8. The zero-order valence-electron chi connectivity index (χ0n) is 12.0. The van der Waals surface area contributed by atoms with E-state index in [0.29, 0.717) is 5.56 Å². The van der Waals surface area contributed by atoms with Gasteiger partial charge in [-0.1, -0.05) is 12.1 Å². The second-order valence-electron chi connectivity index (χ2n) is 5.49. The number of hydrogen-bond donors (Lipinski definition) is 1. The summed E-state index contributed by atoms with van der Waals surface area (Å²) >= 11 is 0. The molecule has 0 saturated carbocycles. The van der Waals surface area contributed by atoms with Crippen LogP contribution in [0.5, 0.6) is 0 Å². The Labute approximate surface area is 131 Å². The number of likely N-dealkylation sites (tertiary alicyclic amines) is 1. The van der Waals surface area contributed by atoms with E-state index in [1.807, 2.05) is 0 Å². The molecule has 9 heteroatoms. The van der Waals surface area contributed by atoms with Gasteiger partial charge in [0.1, 0.15) is 5.82 Å². The SMILES string of the molecule is O=C(O)CC(c1ccc(F)cc1)N1CC(CS(=O)(=O)F)CC1=O. The third-order valence-electron chi connectivity index (χ3n) is 3.67.